The van der Waals surface area contributed by atoms with Crippen molar-refractivity contribution in [1.29, 1.82) is 0 Å². The molecule has 0 aliphatic carbocycles. The van der Waals surface area contributed by atoms with E-state index in [2.05, 4.69) is 48.2 Å². The molecule has 0 spiro atoms. The third-order valence-corrected chi connectivity index (χ3v) is 3.23. The van der Waals surface area contributed by atoms with Gasteiger partial charge in [0.25, 0.3) is 0 Å². The van der Waals surface area contributed by atoms with Gasteiger partial charge in [-0.3, -0.25) is 0 Å². The zero-order valence-corrected chi connectivity index (χ0v) is 10.1. The van der Waals surface area contributed by atoms with Crippen molar-refractivity contribution in [3.63, 3.8) is 0 Å². The second-order valence-electron chi connectivity index (χ2n) is 4.55. The molecule has 0 amide bonds. The van der Waals surface area contributed by atoms with Crippen LogP contribution in [0.3, 0.4) is 0 Å². The predicted molar refractivity (Wildman–Crippen MR) is 69.0 cm³/mol. The lowest BCUT2D eigenvalue weighted by atomic mass is 10.1. The number of benzene rings is 1. The molecular formula is C14H15N3. The SMILES string of the molecule is CC1=Nc2c(cnn2C(C)c2ccccc2)C1. The molecule has 1 unspecified atom stereocenters. The molecule has 0 saturated carbocycles. The number of fused-ring (bicyclic) bond motifs is 1. The number of nitrogens with zero attached hydrogens (tertiary/aromatic N) is 3. The van der Waals surface area contributed by atoms with E-state index in [1.165, 1.54) is 16.8 Å². The van der Waals surface area contributed by atoms with Gasteiger partial charge in [0.2, 0.25) is 0 Å². The molecule has 17 heavy (non-hydrogen) atoms. The van der Waals surface area contributed by atoms with Crippen LogP contribution in [-0.4, -0.2) is 15.5 Å². The molecule has 0 saturated heterocycles. The first-order valence-electron chi connectivity index (χ1n) is 5.91. The van der Waals surface area contributed by atoms with Crippen LogP contribution in [0.2, 0.25) is 0 Å². The standard InChI is InChI=1S/C14H15N3/c1-10-8-13-9-15-17(14(13)16-10)11(2)12-6-4-3-5-7-12/h3-7,9,11H,8H2,1-2H3. The van der Waals surface area contributed by atoms with Crippen LogP contribution in [0.5, 0.6) is 0 Å². The van der Waals surface area contributed by atoms with Crippen molar-refractivity contribution >= 4 is 11.5 Å². The molecule has 3 rings (SSSR count). The summed E-state index contributed by atoms with van der Waals surface area (Å²) in [5.74, 6) is 1.03. The normalized spacial score (nSPS) is 15.5. The van der Waals surface area contributed by atoms with Gasteiger partial charge in [0.1, 0.15) is 0 Å². The van der Waals surface area contributed by atoms with Gasteiger partial charge in [0.05, 0.1) is 12.2 Å². The summed E-state index contributed by atoms with van der Waals surface area (Å²) in [6.45, 7) is 4.23. The van der Waals surface area contributed by atoms with Crippen LogP contribution in [0.15, 0.2) is 41.5 Å². The van der Waals surface area contributed by atoms with Crippen molar-refractivity contribution in [1.82, 2.24) is 9.78 Å². The molecule has 3 nitrogen and oxygen atoms in total. The number of hydrogen-bond donors (Lipinski definition) is 0. The fourth-order valence-electron chi connectivity index (χ4n) is 2.29. The Morgan fingerprint density at radius 2 is 2.00 bits per heavy atom. The van der Waals surface area contributed by atoms with Crippen molar-refractivity contribution in [3.8, 4) is 0 Å². The molecule has 0 N–H and O–H groups in total. The zero-order valence-electron chi connectivity index (χ0n) is 10.1. The first kappa shape index (κ1) is 10.3. The van der Waals surface area contributed by atoms with Gasteiger partial charge < -0.3 is 0 Å². The van der Waals surface area contributed by atoms with E-state index in [0.29, 0.717) is 0 Å². The van der Waals surface area contributed by atoms with Gasteiger partial charge in [-0.15, -0.1) is 0 Å². The van der Waals surface area contributed by atoms with Gasteiger partial charge in [-0.1, -0.05) is 30.3 Å². The minimum absolute atomic E-state index is 0.231. The molecule has 1 aliphatic rings. The third kappa shape index (κ3) is 1.68. The molecule has 1 aromatic carbocycles. The summed E-state index contributed by atoms with van der Waals surface area (Å²) in [5, 5.41) is 4.46. The summed E-state index contributed by atoms with van der Waals surface area (Å²) in [6, 6.07) is 10.6. The Morgan fingerprint density at radius 3 is 2.76 bits per heavy atom. The third-order valence-electron chi connectivity index (χ3n) is 3.23. The number of hydrogen-bond acceptors (Lipinski definition) is 2. The molecule has 0 bridgehead atoms. The molecule has 1 aliphatic heterocycles. The van der Waals surface area contributed by atoms with Crippen molar-refractivity contribution in [2.75, 3.05) is 0 Å². The molecule has 2 heterocycles. The quantitative estimate of drug-likeness (QED) is 0.772. The van der Waals surface area contributed by atoms with Crippen LogP contribution >= 0.6 is 0 Å². The lowest BCUT2D eigenvalue weighted by molar-refractivity contribution is 0.569. The van der Waals surface area contributed by atoms with Gasteiger partial charge in [-0.2, -0.15) is 5.10 Å². The topological polar surface area (TPSA) is 30.2 Å². The van der Waals surface area contributed by atoms with E-state index >= 15 is 0 Å². The Labute approximate surface area is 101 Å². The van der Waals surface area contributed by atoms with E-state index in [1.807, 2.05) is 16.9 Å². The highest BCUT2D eigenvalue weighted by Gasteiger charge is 2.20. The Bertz CT molecular complexity index is 566. The van der Waals surface area contributed by atoms with Gasteiger partial charge in [0.15, 0.2) is 5.82 Å². The highest BCUT2D eigenvalue weighted by Crippen LogP contribution is 2.31. The van der Waals surface area contributed by atoms with Crippen molar-refractivity contribution in [2.24, 2.45) is 4.99 Å². The van der Waals surface area contributed by atoms with E-state index in [1.54, 1.807) is 0 Å². The highest BCUT2D eigenvalue weighted by molar-refractivity contribution is 5.91. The average Bonchev–Trinajstić information content (AvgIpc) is 2.88. The van der Waals surface area contributed by atoms with Crippen LogP contribution < -0.4 is 0 Å². The summed E-state index contributed by atoms with van der Waals surface area (Å²) in [4.78, 5) is 4.58. The molecule has 2 aromatic rings. The summed E-state index contributed by atoms with van der Waals surface area (Å²) in [6.07, 6.45) is 2.88. The molecule has 1 atom stereocenters. The second kappa shape index (κ2) is 3.84. The molecule has 86 valence electrons. The fraction of sp³-hybridized carbons (Fsp3) is 0.286. The van der Waals surface area contributed by atoms with Crippen molar-refractivity contribution in [2.45, 2.75) is 26.3 Å². The highest BCUT2D eigenvalue weighted by atomic mass is 15.3. The maximum atomic E-state index is 4.58. The molecule has 0 fully saturated rings. The van der Waals surface area contributed by atoms with E-state index < -0.39 is 0 Å². The predicted octanol–water partition coefficient (Wildman–Crippen LogP) is 3.14. The van der Waals surface area contributed by atoms with Gasteiger partial charge in [-0.05, 0) is 19.4 Å². The van der Waals surface area contributed by atoms with Gasteiger partial charge >= 0.3 is 0 Å². The first-order chi connectivity index (χ1) is 8.25. The molecule has 0 radical (unpaired) electrons. The van der Waals surface area contributed by atoms with E-state index in [4.69, 9.17) is 0 Å². The van der Waals surface area contributed by atoms with Gasteiger partial charge in [-0.25, -0.2) is 9.67 Å². The monoisotopic (exact) mass is 225 g/mol. The Hall–Kier alpha value is -1.90. The Balaban J connectivity index is 2.01. The first-order valence-corrected chi connectivity index (χ1v) is 5.91. The molecule has 3 heteroatoms. The van der Waals surface area contributed by atoms with Crippen LogP contribution in [0.1, 0.15) is 31.0 Å². The van der Waals surface area contributed by atoms with E-state index in [-0.39, 0.29) is 6.04 Å². The number of aliphatic imine (C=N–C) groups is 1. The fourth-order valence-corrected chi connectivity index (χ4v) is 2.29. The number of rotatable bonds is 2. The van der Waals surface area contributed by atoms with Gasteiger partial charge in [0, 0.05) is 17.7 Å². The maximum Gasteiger partial charge on any atom is 0.154 e. The van der Waals surface area contributed by atoms with Crippen molar-refractivity contribution in [3.05, 3.63) is 47.7 Å². The molecule has 1 aromatic heterocycles. The van der Waals surface area contributed by atoms with E-state index in [9.17, 15) is 0 Å². The second-order valence-corrected chi connectivity index (χ2v) is 4.55. The lowest BCUT2D eigenvalue weighted by Crippen LogP contribution is -2.07. The Morgan fingerprint density at radius 1 is 1.24 bits per heavy atom. The summed E-state index contributed by atoms with van der Waals surface area (Å²) in [5.41, 5.74) is 3.68. The van der Waals surface area contributed by atoms with Crippen LogP contribution in [-0.2, 0) is 6.42 Å². The van der Waals surface area contributed by atoms with Crippen LogP contribution in [0.25, 0.3) is 0 Å². The average molecular weight is 225 g/mol. The smallest absolute Gasteiger partial charge is 0.154 e. The maximum absolute atomic E-state index is 4.58. The Kier molecular flexibility index (Phi) is 2.32. The summed E-state index contributed by atoms with van der Waals surface area (Å²) in [7, 11) is 0. The lowest BCUT2D eigenvalue weighted by Gasteiger charge is -2.13. The van der Waals surface area contributed by atoms with Crippen LogP contribution in [0.4, 0.5) is 5.82 Å². The minimum atomic E-state index is 0.231. The summed E-state index contributed by atoms with van der Waals surface area (Å²) >= 11 is 0. The number of aromatic nitrogens is 2. The van der Waals surface area contributed by atoms with E-state index in [0.717, 1.165) is 12.2 Å². The minimum Gasteiger partial charge on any atom is -0.240 e. The zero-order chi connectivity index (χ0) is 11.8. The van der Waals surface area contributed by atoms with Crippen molar-refractivity contribution < 1.29 is 0 Å². The largest absolute Gasteiger partial charge is 0.240 e. The van der Waals surface area contributed by atoms with Crippen LogP contribution in [0, 0.1) is 0 Å². The summed E-state index contributed by atoms with van der Waals surface area (Å²) < 4.78 is 2.02. The molecular weight excluding hydrogens is 210 g/mol.